The van der Waals surface area contributed by atoms with Gasteiger partial charge in [-0.25, -0.2) is 0 Å². The predicted octanol–water partition coefficient (Wildman–Crippen LogP) is 4.65. The normalized spacial score (nSPS) is 26.0. The predicted molar refractivity (Wildman–Crippen MR) is 64.3 cm³/mol. The van der Waals surface area contributed by atoms with E-state index in [9.17, 15) is 0 Å². The lowest BCUT2D eigenvalue weighted by Gasteiger charge is -2.30. The van der Waals surface area contributed by atoms with Gasteiger partial charge in [0.25, 0.3) is 0 Å². The molecule has 0 heterocycles. The van der Waals surface area contributed by atoms with E-state index >= 15 is 0 Å². The molecule has 0 radical (unpaired) electrons. The molecule has 0 spiro atoms. The number of rotatable bonds is 5. The first kappa shape index (κ1) is 11.3. The summed E-state index contributed by atoms with van der Waals surface area (Å²) >= 11 is 0. The third-order valence-corrected chi connectivity index (χ3v) is 3.01. The Morgan fingerprint density at radius 3 is 2.79 bits per heavy atom. The molecule has 0 aromatic carbocycles. The minimum Gasteiger partial charge on any atom is -0.102 e. The highest BCUT2D eigenvalue weighted by Gasteiger charge is 2.24. The summed E-state index contributed by atoms with van der Waals surface area (Å²) in [5, 5.41) is 0. The molecule has 0 aromatic rings. The van der Waals surface area contributed by atoms with Gasteiger partial charge in [-0.05, 0) is 19.3 Å². The van der Waals surface area contributed by atoms with Crippen LogP contribution in [0.3, 0.4) is 0 Å². The summed E-state index contributed by atoms with van der Waals surface area (Å²) in [6.45, 7) is 8.48. The second-order valence-corrected chi connectivity index (χ2v) is 4.30. The minimum atomic E-state index is 0.258. The summed E-state index contributed by atoms with van der Waals surface area (Å²) < 4.78 is 0. The van der Waals surface area contributed by atoms with Gasteiger partial charge in [-0.1, -0.05) is 56.6 Å². The van der Waals surface area contributed by atoms with Gasteiger partial charge < -0.3 is 0 Å². The second kappa shape index (κ2) is 5.19. The summed E-state index contributed by atoms with van der Waals surface area (Å²) in [4.78, 5) is 0. The van der Waals surface area contributed by atoms with Crippen molar-refractivity contribution in [2.45, 2.75) is 46.0 Å². The maximum absolute atomic E-state index is 3.99. The van der Waals surface area contributed by atoms with Crippen LogP contribution in [0.4, 0.5) is 0 Å². The van der Waals surface area contributed by atoms with Crippen LogP contribution in [-0.4, -0.2) is 0 Å². The fourth-order valence-corrected chi connectivity index (χ4v) is 2.29. The zero-order valence-electron chi connectivity index (χ0n) is 9.55. The van der Waals surface area contributed by atoms with Crippen LogP contribution in [0.15, 0.2) is 36.5 Å². The smallest absolute Gasteiger partial charge is 0.00985 e. The van der Waals surface area contributed by atoms with Gasteiger partial charge in [-0.15, -0.1) is 6.58 Å². The van der Waals surface area contributed by atoms with E-state index in [2.05, 4.69) is 44.7 Å². The summed E-state index contributed by atoms with van der Waals surface area (Å²) in [6.07, 6.45) is 15.1. The van der Waals surface area contributed by atoms with Crippen LogP contribution < -0.4 is 0 Å². The number of hydrogen-bond acceptors (Lipinski definition) is 0. The Bertz CT molecular complexity index is 245. The van der Waals surface area contributed by atoms with Gasteiger partial charge in [0.2, 0.25) is 0 Å². The quantitative estimate of drug-likeness (QED) is 0.554. The lowest BCUT2D eigenvalue weighted by Crippen LogP contribution is -2.17. The summed E-state index contributed by atoms with van der Waals surface area (Å²) in [5.41, 5.74) is 1.84. The molecule has 0 saturated heterocycles. The maximum Gasteiger partial charge on any atom is 0.00985 e. The zero-order chi connectivity index (χ0) is 10.4. The van der Waals surface area contributed by atoms with Crippen molar-refractivity contribution in [3.8, 4) is 0 Å². The van der Waals surface area contributed by atoms with E-state index in [0.29, 0.717) is 0 Å². The molecule has 1 rings (SSSR count). The third kappa shape index (κ3) is 2.60. The van der Waals surface area contributed by atoms with E-state index in [1.165, 1.54) is 32.1 Å². The van der Waals surface area contributed by atoms with Crippen molar-refractivity contribution in [1.29, 1.82) is 0 Å². The van der Waals surface area contributed by atoms with Gasteiger partial charge in [-0.3, -0.25) is 0 Å². The standard InChI is InChI=1S/C14H22/c1-4-8-13-9-7-11-14(6-3,12-13)10-5-2/h6-7,9,11H,3-5,8,10,12H2,1-2H3. The van der Waals surface area contributed by atoms with Gasteiger partial charge in [-0.2, -0.15) is 0 Å². The maximum atomic E-state index is 3.99. The summed E-state index contributed by atoms with van der Waals surface area (Å²) in [7, 11) is 0. The first-order chi connectivity index (χ1) is 6.76. The van der Waals surface area contributed by atoms with Crippen molar-refractivity contribution >= 4 is 0 Å². The Labute approximate surface area is 88.4 Å². The van der Waals surface area contributed by atoms with E-state index < -0.39 is 0 Å². The highest BCUT2D eigenvalue weighted by molar-refractivity contribution is 5.27. The molecular formula is C14H22. The van der Waals surface area contributed by atoms with Crippen LogP contribution in [0.5, 0.6) is 0 Å². The van der Waals surface area contributed by atoms with E-state index in [0.717, 1.165) is 0 Å². The molecule has 0 aromatic heterocycles. The Morgan fingerprint density at radius 1 is 1.43 bits per heavy atom. The Morgan fingerprint density at radius 2 is 2.21 bits per heavy atom. The Kier molecular flexibility index (Phi) is 4.19. The highest BCUT2D eigenvalue weighted by atomic mass is 14.3. The van der Waals surface area contributed by atoms with Crippen LogP contribution in [0.2, 0.25) is 0 Å². The van der Waals surface area contributed by atoms with E-state index in [4.69, 9.17) is 0 Å². The topological polar surface area (TPSA) is 0 Å². The fourth-order valence-electron chi connectivity index (χ4n) is 2.29. The molecule has 0 bridgehead atoms. The molecule has 14 heavy (non-hydrogen) atoms. The van der Waals surface area contributed by atoms with Crippen molar-refractivity contribution in [3.05, 3.63) is 36.5 Å². The van der Waals surface area contributed by atoms with Crippen molar-refractivity contribution in [3.63, 3.8) is 0 Å². The lowest BCUT2D eigenvalue weighted by atomic mass is 9.74. The van der Waals surface area contributed by atoms with E-state index in [1.54, 1.807) is 5.57 Å². The van der Waals surface area contributed by atoms with Gasteiger partial charge in [0.15, 0.2) is 0 Å². The molecule has 0 amide bonds. The molecule has 78 valence electrons. The molecule has 0 aliphatic heterocycles. The second-order valence-electron chi connectivity index (χ2n) is 4.30. The monoisotopic (exact) mass is 190 g/mol. The van der Waals surface area contributed by atoms with Crippen LogP contribution >= 0.6 is 0 Å². The van der Waals surface area contributed by atoms with Crippen molar-refractivity contribution < 1.29 is 0 Å². The van der Waals surface area contributed by atoms with Gasteiger partial charge in [0.1, 0.15) is 0 Å². The molecule has 1 aliphatic carbocycles. The van der Waals surface area contributed by atoms with Crippen LogP contribution in [0.25, 0.3) is 0 Å². The fraction of sp³-hybridized carbons (Fsp3) is 0.571. The van der Waals surface area contributed by atoms with Crippen LogP contribution in [0, 0.1) is 5.41 Å². The van der Waals surface area contributed by atoms with E-state index in [1.807, 2.05) is 0 Å². The van der Waals surface area contributed by atoms with Crippen LogP contribution in [-0.2, 0) is 0 Å². The lowest BCUT2D eigenvalue weighted by molar-refractivity contribution is 0.429. The summed E-state index contributed by atoms with van der Waals surface area (Å²) in [6, 6.07) is 0. The first-order valence-electron chi connectivity index (χ1n) is 5.77. The first-order valence-corrected chi connectivity index (χ1v) is 5.77. The average molecular weight is 190 g/mol. The average Bonchev–Trinajstić information content (AvgIpc) is 2.19. The molecule has 0 saturated carbocycles. The van der Waals surface area contributed by atoms with Crippen LogP contribution in [0.1, 0.15) is 46.0 Å². The van der Waals surface area contributed by atoms with Crippen molar-refractivity contribution in [2.75, 3.05) is 0 Å². The van der Waals surface area contributed by atoms with Gasteiger partial charge >= 0.3 is 0 Å². The van der Waals surface area contributed by atoms with Crippen molar-refractivity contribution in [1.82, 2.24) is 0 Å². The number of allylic oxidation sites excluding steroid dienone is 5. The molecule has 1 atom stereocenters. The molecule has 1 unspecified atom stereocenters. The molecule has 0 fully saturated rings. The Balaban J connectivity index is 2.70. The molecular weight excluding hydrogens is 168 g/mol. The molecule has 0 nitrogen and oxygen atoms in total. The summed E-state index contributed by atoms with van der Waals surface area (Å²) in [5.74, 6) is 0. The SMILES string of the molecule is C=CC1(CCC)C=CC=C(CCC)C1. The molecule has 1 aliphatic rings. The Hall–Kier alpha value is -0.780. The van der Waals surface area contributed by atoms with Gasteiger partial charge in [0.05, 0.1) is 0 Å². The zero-order valence-corrected chi connectivity index (χ0v) is 9.55. The van der Waals surface area contributed by atoms with E-state index in [-0.39, 0.29) is 5.41 Å². The largest absolute Gasteiger partial charge is 0.102 e. The molecule has 0 N–H and O–H groups in total. The van der Waals surface area contributed by atoms with Gasteiger partial charge in [0, 0.05) is 5.41 Å². The third-order valence-electron chi connectivity index (χ3n) is 3.01. The molecule has 0 heteroatoms. The highest BCUT2D eigenvalue weighted by Crippen LogP contribution is 2.38. The number of hydrogen-bond donors (Lipinski definition) is 0. The minimum absolute atomic E-state index is 0.258. The van der Waals surface area contributed by atoms with Crippen molar-refractivity contribution in [2.24, 2.45) is 5.41 Å².